The van der Waals surface area contributed by atoms with Gasteiger partial charge in [0.15, 0.2) is 0 Å². The summed E-state index contributed by atoms with van der Waals surface area (Å²) in [5, 5.41) is 9.56. The third-order valence-electron chi connectivity index (χ3n) is 2.13. The van der Waals surface area contributed by atoms with Crippen LogP contribution in [0.15, 0.2) is 42.4 Å². The highest BCUT2D eigenvalue weighted by Gasteiger charge is 2.00. The quantitative estimate of drug-likeness (QED) is 0.813. The maximum atomic E-state index is 12.9. The van der Waals surface area contributed by atoms with Gasteiger partial charge in [0, 0.05) is 17.1 Å². The van der Waals surface area contributed by atoms with E-state index in [4.69, 9.17) is 5.11 Å². The molecule has 2 aromatic rings. The van der Waals surface area contributed by atoms with E-state index in [0.29, 0.717) is 5.56 Å². The molecule has 0 unspecified atom stereocenters. The largest absolute Gasteiger partial charge is 0.389 e. The van der Waals surface area contributed by atoms with E-state index in [-0.39, 0.29) is 0 Å². The third-order valence-corrected chi connectivity index (χ3v) is 2.13. The Morgan fingerprint density at radius 2 is 2.13 bits per heavy atom. The number of benzene rings is 1. The summed E-state index contributed by atoms with van der Waals surface area (Å²) in [7, 11) is 0. The fraction of sp³-hybridized carbons (Fsp3) is 0.0833. The summed E-state index contributed by atoms with van der Waals surface area (Å²) in [6.45, 7) is -0.580. The van der Waals surface area contributed by atoms with Crippen LogP contribution in [0.1, 0.15) is 5.56 Å². The Labute approximate surface area is 86.7 Å². The van der Waals surface area contributed by atoms with Gasteiger partial charge in [0.2, 0.25) is 0 Å². The Hall–Kier alpha value is -1.74. The molecular weight excluding hydrogens is 193 g/mol. The van der Waals surface area contributed by atoms with Crippen molar-refractivity contribution >= 4 is 17.0 Å². The number of aliphatic hydroxyl groups is 1. The predicted octanol–water partition coefficient (Wildman–Crippen LogP) is 2.54. The second kappa shape index (κ2) is 4.19. The molecule has 0 bridgehead atoms. The van der Waals surface area contributed by atoms with Gasteiger partial charge >= 0.3 is 0 Å². The van der Waals surface area contributed by atoms with Gasteiger partial charge in [0.1, 0.15) is 5.83 Å². The standard InChI is InChI=1S/C12H10FNO/c13-11(8-15)7-10-4-1-3-9-5-2-6-14-12(9)10/h1-7,15H,8H2/b11-7-. The molecule has 0 saturated heterocycles. The van der Waals surface area contributed by atoms with Crippen molar-refractivity contribution in [1.29, 1.82) is 0 Å². The molecule has 2 nitrogen and oxygen atoms in total. The highest BCUT2D eigenvalue weighted by Crippen LogP contribution is 2.18. The zero-order chi connectivity index (χ0) is 10.7. The molecule has 0 saturated carbocycles. The number of para-hydroxylation sites is 1. The van der Waals surface area contributed by atoms with Gasteiger partial charge in [-0.05, 0) is 12.1 Å². The van der Waals surface area contributed by atoms with Crippen LogP contribution < -0.4 is 0 Å². The van der Waals surface area contributed by atoms with Crippen LogP contribution in [-0.4, -0.2) is 16.7 Å². The van der Waals surface area contributed by atoms with Crippen LogP contribution in [0.4, 0.5) is 4.39 Å². The second-order valence-corrected chi connectivity index (χ2v) is 3.17. The van der Waals surface area contributed by atoms with E-state index < -0.39 is 12.4 Å². The average Bonchev–Trinajstić information content (AvgIpc) is 2.29. The molecular formula is C12H10FNO. The molecule has 0 spiro atoms. The normalized spacial score (nSPS) is 12.0. The van der Waals surface area contributed by atoms with E-state index in [1.54, 1.807) is 12.3 Å². The zero-order valence-electron chi connectivity index (χ0n) is 8.02. The topological polar surface area (TPSA) is 33.1 Å². The lowest BCUT2D eigenvalue weighted by Crippen LogP contribution is -1.85. The van der Waals surface area contributed by atoms with E-state index in [0.717, 1.165) is 10.9 Å². The number of aromatic nitrogens is 1. The molecule has 0 radical (unpaired) electrons. The van der Waals surface area contributed by atoms with Crippen molar-refractivity contribution < 1.29 is 9.50 Å². The number of pyridine rings is 1. The first-order chi connectivity index (χ1) is 7.31. The molecule has 1 N–H and O–H groups in total. The maximum Gasteiger partial charge on any atom is 0.126 e. The van der Waals surface area contributed by atoms with Gasteiger partial charge in [-0.25, -0.2) is 4.39 Å². The minimum atomic E-state index is -0.580. The minimum absolute atomic E-state index is 0.562. The molecule has 1 aromatic carbocycles. The van der Waals surface area contributed by atoms with E-state index >= 15 is 0 Å². The van der Waals surface area contributed by atoms with Crippen LogP contribution in [0.5, 0.6) is 0 Å². The smallest absolute Gasteiger partial charge is 0.126 e. The monoisotopic (exact) mass is 203 g/mol. The Balaban J connectivity index is 2.61. The second-order valence-electron chi connectivity index (χ2n) is 3.17. The summed E-state index contributed by atoms with van der Waals surface area (Å²) in [6.07, 6.45) is 2.96. The summed E-state index contributed by atoms with van der Waals surface area (Å²) >= 11 is 0. The highest BCUT2D eigenvalue weighted by molar-refractivity contribution is 5.87. The van der Waals surface area contributed by atoms with Crippen molar-refractivity contribution in [2.24, 2.45) is 0 Å². The third kappa shape index (κ3) is 2.02. The van der Waals surface area contributed by atoms with E-state index in [1.807, 2.05) is 24.3 Å². The van der Waals surface area contributed by atoms with Crippen molar-refractivity contribution in [2.75, 3.05) is 6.61 Å². The molecule has 0 amide bonds. The summed E-state index contributed by atoms with van der Waals surface area (Å²) < 4.78 is 12.9. The molecule has 2 rings (SSSR count). The molecule has 0 fully saturated rings. The number of nitrogens with zero attached hydrogens (tertiary/aromatic N) is 1. The van der Waals surface area contributed by atoms with Crippen molar-refractivity contribution in [1.82, 2.24) is 4.98 Å². The summed E-state index contributed by atoms with van der Waals surface area (Å²) in [6, 6.07) is 9.26. The van der Waals surface area contributed by atoms with Crippen molar-refractivity contribution in [2.45, 2.75) is 0 Å². The number of rotatable bonds is 2. The van der Waals surface area contributed by atoms with Crippen LogP contribution in [0.2, 0.25) is 0 Å². The van der Waals surface area contributed by atoms with E-state index in [1.165, 1.54) is 6.08 Å². The maximum absolute atomic E-state index is 12.9. The number of hydrogen-bond donors (Lipinski definition) is 1. The first-order valence-corrected chi connectivity index (χ1v) is 4.62. The lowest BCUT2D eigenvalue weighted by atomic mass is 10.1. The van der Waals surface area contributed by atoms with Crippen molar-refractivity contribution in [3.8, 4) is 0 Å². The van der Waals surface area contributed by atoms with E-state index in [9.17, 15) is 4.39 Å². The highest BCUT2D eigenvalue weighted by atomic mass is 19.1. The molecule has 76 valence electrons. The van der Waals surface area contributed by atoms with Gasteiger partial charge in [-0.15, -0.1) is 0 Å². The molecule has 0 aliphatic heterocycles. The Kier molecular flexibility index (Phi) is 2.74. The molecule has 15 heavy (non-hydrogen) atoms. The van der Waals surface area contributed by atoms with Crippen molar-refractivity contribution in [3.05, 3.63) is 47.9 Å². The van der Waals surface area contributed by atoms with Gasteiger partial charge in [-0.1, -0.05) is 24.3 Å². The lowest BCUT2D eigenvalue weighted by Gasteiger charge is -2.00. The van der Waals surface area contributed by atoms with Gasteiger partial charge in [0.25, 0.3) is 0 Å². The number of fused-ring (bicyclic) bond motifs is 1. The number of halogens is 1. The van der Waals surface area contributed by atoms with E-state index in [2.05, 4.69) is 4.98 Å². The van der Waals surface area contributed by atoms with Crippen LogP contribution in [-0.2, 0) is 0 Å². The van der Waals surface area contributed by atoms with Crippen LogP contribution in [0.3, 0.4) is 0 Å². The molecule has 1 heterocycles. The van der Waals surface area contributed by atoms with Crippen LogP contribution in [0, 0.1) is 0 Å². The lowest BCUT2D eigenvalue weighted by molar-refractivity contribution is 0.300. The molecule has 0 aliphatic carbocycles. The Morgan fingerprint density at radius 1 is 1.33 bits per heavy atom. The fourth-order valence-corrected chi connectivity index (χ4v) is 1.46. The van der Waals surface area contributed by atoms with Crippen LogP contribution >= 0.6 is 0 Å². The minimum Gasteiger partial charge on any atom is -0.389 e. The van der Waals surface area contributed by atoms with Gasteiger partial charge in [-0.3, -0.25) is 4.98 Å². The summed E-state index contributed by atoms with van der Waals surface area (Å²) in [5.41, 5.74) is 1.42. The fourth-order valence-electron chi connectivity index (χ4n) is 1.46. The average molecular weight is 203 g/mol. The van der Waals surface area contributed by atoms with Gasteiger partial charge < -0.3 is 5.11 Å². The first kappa shape index (κ1) is 9.80. The molecule has 0 atom stereocenters. The van der Waals surface area contributed by atoms with Crippen molar-refractivity contribution in [3.63, 3.8) is 0 Å². The summed E-state index contributed by atoms with van der Waals surface area (Å²) in [5.74, 6) is -0.562. The van der Waals surface area contributed by atoms with Gasteiger partial charge in [-0.2, -0.15) is 0 Å². The number of aliphatic hydroxyl groups excluding tert-OH is 1. The SMILES string of the molecule is OC/C(F)=C/c1cccc2cccnc12. The number of hydrogen-bond acceptors (Lipinski definition) is 2. The van der Waals surface area contributed by atoms with Gasteiger partial charge in [0.05, 0.1) is 12.1 Å². The molecule has 1 aromatic heterocycles. The Morgan fingerprint density at radius 3 is 2.93 bits per heavy atom. The van der Waals surface area contributed by atoms with Crippen LogP contribution in [0.25, 0.3) is 17.0 Å². The first-order valence-electron chi connectivity index (χ1n) is 4.62. The molecule has 0 aliphatic rings. The molecule has 3 heteroatoms. The zero-order valence-corrected chi connectivity index (χ0v) is 8.02. The Bertz CT molecular complexity index is 502. The summed E-state index contributed by atoms with van der Waals surface area (Å²) in [4.78, 5) is 4.18. The predicted molar refractivity (Wildman–Crippen MR) is 57.9 cm³/mol.